The first-order chi connectivity index (χ1) is 8.65. The van der Waals surface area contributed by atoms with Crippen molar-refractivity contribution in [2.45, 2.75) is 19.4 Å². The first-order valence-electron chi connectivity index (χ1n) is 5.75. The Morgan fingerprint density at radius 1 is 1.33 bits per heavy atom. The van der Waals surface area contributed by atoms with Crippen molar-refractivity contribution in [1.82, 2.24) is 0 Å². The molecule has 1 aromatic heterocycles. The summed E-state index contributed by atoms with van der Waals surface area (Å²) >= 11 is 0. The lowest BCUT2D eigenvalue weighted by Gasteiger charge is -2.13. The van der Waals surface area contributed by atoms with Crippen molar-refractivity contribution < 1.29 is 18.7 Å². The van der Waals surface area contributed by atoms with E-state index in [0.29, 0.717) is 17.1 Å². The number of furan rings is 1. The van der Waals surface area contributed by atoms with Gasteiger partial charge in [0.1, 0.15) is 29.2 Å². The van der Waals surface area contributed by atoms with Gasteiger partial charge in [-0.3, -0.25) is 0 Å². The summed E-state index contributed by atoms with van der Waals surface area (Å²) in [7, 11) is 1.48. The van der Waals surface area contributed by atoms with Gasteiger partial charge in [0.15, 0.2) is 0 Å². The number of aliphatic hydroxyl groups excluding tert-OH is 1. The van der Waals surface area contributed by atoms with E-state index in [9.17, 15) is 9.50 Å². The van der Waals surface area contributed by atoms with E-state index >= 15 is 0 Å². The Balaban J connectivity index is 2.38. The molecule has 0 saturated carbocycles. The van der Waals surface area contributed by atoms with Gasteiger partial charge in [0, 0.05) is 12.0 Å². The maximum Gasteiger partial charge on any atom is 0.140 e. The maximum absolute atomic E-state index is 13.2. The molecule has 0 radical (unpaired) electrons. The van der Waals surface area contributed by atoms with Crippen LogP contribution in [0.25, 0.3) is 0 Å². The Bertz CT molecular complexity index is 534. The van der Waals surface area contributed by atoms with Gasteiger partial charge in [0.2, 0.25) is 0 Å². The molecule has 3 nitrogen and oxygen atoms in total. The molecule has 0 aliphatic carbocycles. The van der Waals surface area contributed by atoms with Gasteiger partial charge in [-0.15, -0.1) is 0 Å². The van der Waals surface area contributed by atoms with Crippen LogP contribution in [0.15, 0.2) is 34.7 Å². The molecule has 4 heteroatoms. The fourth-order valence-corrected chi connectivity index (χ4v) is 1.80. The molecule has 0 aliphatic rings. The molecule has 18 heavy (non-hydrogen) atoms. The molecule has 0 fully saturated rings. The number of rotatable bonds is 4. The molecule has 0 aliphatic heterocycles. The van der Waals surface area contributed by atoms with Crippen LogP contribution in [-0.4, -0.2) is 12.2 Å². The molecule has 96 valence electrons. The normalized spacial score (nSPS) is 12.4. The highest BCUT2D eigenvalue weighted by Gasteiger charge is 2.19. The van der Waals surface area contributed by atoms with E-state index in [1.54, 1.807) is 12.1 Å². The second-order valence-corrected chi connectivity index (χ2v) is 3.95. The van der Waals surface area contributed by atoms with E-state index in [1.165, 1.54) is 25.3 Å². The topological polar surface area (TPSA) is 42.6 Å². The van der Waals surface area contributed by atoms with E-state index in [-0.39, 0.29) is 0 Å². The standard InChI is InChI=1S/C14H15FO3/c1-3-10-5-7-13(18-10)14(16)11-8-9(15)4-6-12(11)17-2/h4-8,14,16H,3H2,1-2H3. The summed E-state index contributed by atoms with van der Waals surface area (Å²) in [5.41, 5.74) is 0.356. The van der Waals surface area contributed by atoms with Gasteiger partial charge in [-0.25, -0.2) is 4.39 Å². The zero-order valence-electron chi connectivity index (χ0n) is 10.3. The lowest BCUT2D eigenvalue weighted by molar-refractivity contribution is 0.182. The van der Waals surface area contributed by atoms with Gasteiger partial charge in [0.05, 0.1) is 7.11 Å². The van der Waals surface area contributed by atoms with Crippen molar-refractivity contribution in [1.29, 1.82) is 0 Å². The minimum absolute atomic E-state index is 0.356. The minimum Gasteiger partial charge on any atom is -0.496 e. The maximum atomic E-state index is 13.2. The largest absolute Gasteiger partial charge is 0.496 e. The zero-order valence-corrected chi connectivity index (χ0v) is 10.3. The third-order valence-corrected chi connectivity index (χ3v) is 2.79. The quantitative estimate of drug-likeness (QED) is 0.906. The highest BCUT2D eigenvalue weighted by atomic mass is 19.1. The summed E-state index contributed by atoms with van der Waals surface area (Å²) in [5.74, 6) is 1.17. The van der Waals surface area contributed by atoms with Crippen LogP contribution in [0.4, 0.5) is 4.39 Å². The molecule has 1 unspecified atom stereocenters. The van der Waals surface area contributed by atoms with Crippen molar-refractivity contribution in [3.05, 3.63) is 53.2 Å². The van der Waals surface area contributed by atoms with Crippen LogP contribution < -0.4 is 4.74 Å². The molecule has 0 amide bonds. The molecule has 0 spiro atoms. The number of ether oxygens (including phenoxy) is 1. The number of methoxy groups -OCH3 is 1. The molecule has 2 aromatic rings. The van der Waals surface area contributed by atoms with Gasteiger partial charge in [-0.05, 0) is 30.3 Å². The summed E-state index contributed by atoms with van der Waals surface area (Å²) in [6.45, 7) is 1.96. The first kappa shape index (κ1) is 12.6. The van der Waals surface area contributed by atoms with Gasteiger partial charge in [-0.2, -0.15) is 0 Å². The minimum atomic E-state index is -1.03. The summed E-state index contributed by atoms with van der Waals surface area (Å²) in [6.07, 6.45) is -0.288. The third-order valence-electron chi connectivity index (χ3n) is 2.79. The second kappa shape index (κ2) is 5.23. The summed E-state index contributed by atoms with van der Waals surface area (Å²) in [4.78, 5) is 0. The van der Waals surface area contributed by atoms with E-state index in [0.717, 1.165) is 12.2 Å². The van der Waals surface area contributed by atoms with E-state index in [2.05, 4.69) is 0 Å². The molecule has 1 N–H and O–H groups in total. The average molecular weight is 250 g/mol. The SMILES string of the molecule is CCc1ccc(C(O)c2cc(F)ccc2OC)o1. The monoisotopic (exact) mass is 250 g/mol. The van der Waals surface area contributed by atoms with E-state index < -0.39 is 11.9 Å². The summed E-state index contributed by atoms with van der Waals surface area (Å²) < 4.78 is 23.8. The van der Waals surface area contributed by atoms with Crippen LogP contribution in [0.5, 0.6) is 5.75 Å². The van der Waals surface area contributed by atoms with E-state index in [4.69, 9.17) is 9.15 Å². The smallest absolute Gasteiger partial charge is 0.140 e. The molecule has 1 heterocycles. The fourth-order valence-electron chi connectivity index (χ4n) is 1.80. The number of benzene rings is 1. The Labute approximate surface area is 105 Å². The van der Waals surface area contributed by atoms with Crippen molar-refractivity contribution in [2.75, 3.05) is 7.11 Å². The Kier molecular flexibility index (Phi) is 3.67. The van der Waals surface area contributed by atoms with Crippen molar-refractivity contribution >= 4 is 0 Å². The highest BCUT2D eigenvalue weighted by molar-refractivity contribution is 5.38. The van der Waals surface area contributed by atoms with Crippen LogP contribution in [0.1, 0.15) is 30.1 Å². The number of hydrogen-bond acceptors (Lipinski definition) is 3. The van der Waals surface area contributed by atoms with Crippen LogP contribution in [-0.2, 0) is 6.42 Å². The van der Waals surface area contributed by atoms with Gasteiger partial charge in [0.25, 0.3) is 0 Å². The van der Waals surface area contributed by atoms with Gasteiger partial charge in [-0.1, -0.05) is 6.92 Å². The van der Waals surface area contributed by atoms with Gasteiger partial charge >= 0.3 is 0 Å². The van der Waals surface area contributed by atoms with Gasteiger partial charge < -0.3 is 14.3 Å². The van der Waals surface area contributed by atoms with Crippen LogP contribution in [0, 0.1) is 5.82 Å². The molecule has 0 bridgehead atoms. The Morgan fingerprint density at radius 2 is 2.11 bits per heavy atom. The fraction of sp³-hybridized carbons (Fsp3) is 0.286. The predicted molar refractivity (Wildman–Crippen MR) is 65.1 cm³/mol. The average Bonchev–Trinajstić information content (AvgIpc) is 2.86. The van der Waals surface area contributed by atoms with Crippen molar-refractivity contribution in [3.63, 3.8) is 0 Å². The van der Waals surface area contributed by atoms with Crippen molar-refractivity contribution in [2.24, 2.45) is 0 Å². The van der Waals surface area contributed by atoms with Crippen molar-refractivity contribution in [3.8, 4) is 5.75 Å². The molecule has 0 saturated heterocycles. The number of hydrogen-bond donors (Lipinski definition) is 1. The lowest BCUT2D eigenvalue weighted by atomic mass is 10.1. The Hall–Kier alpha value is -1.81. The first-order valence-corrected chi connectivity index (χ1v) is 5.75. The predicted octanol–water partition coefficient (Wildman–Crippen LogP) is 3.07. The number of halogens is 1. The molecule has 2 rings (SSSR count). The Morgan fingerprint density at radius 3 is 2.72 bits per heavy atom. The molecular weight excluding hydrogens is 235 g/mol. The third kappa shape index (κ3) is 2.38. The lowest BCUT2D eigenvalue weighted by Crippen LogP contribution is -2.02. The van der Waals surface area contributed by atoms with Crippen LogP contribution in [0.2, 0.25) is 0 Å². The molecule has 1 aromatic carbocycles. The van der Waals surface area contributed by atoms with E-state index in [1.807, 2.05) is 6.92 Å². The molecular formula is C14H15FO3. The number of aliphatic hydroxyl groups is 1. The zero-order chi connectivity index (χ0) is 13.1. The molecule has 1 atom stereocenters. The summed E-state index contributed by atoms with van der Waals surface area (Å²) in [6, 6.07) is 7.50. The second-order valence-electron chi connectivity index (χ2n) is 3.95. The van der Waals surface area contributed by atoms with Crippen LogP contribution in [0.3, 0.4) is 0 Å². The number of aryl methyl sites for hydroxylation is 1. The van der Waals surface area contributed by atoms with Crippen LogP contribution >= 0.6 is 0 Å². The highest BCUT2D eigenvalue weighted by Crippen LogP contribution is 2.31. The summed E-state index contributed by atoms with van der Waals surface area (Å²) in [5, 5.41) is 10.2.